The predicted molar refractivity (Wildman–Crippen MR) is 128 cm³/mol. The van der Waals surface area contributed by atoms with Crippen LogP contribution in [0.25, 0.3) is 22.6 Å². The first kappa shape index (κ1) is 24.3. The second-order valence-electron chi connectivity index (χ2n) is 9.27. The molecule has 2 aliphatic heterocycles. The molecule has 0 aliphatic carbocycles. The summed E-state index contributed by atoms with van der Waals surface area (Å²) in [6.45, 7) is 3.58. The average Bonchev–Trinajstić information content (AvgIpc) is 3.52. The maximum Gasteiger partial charge on any atom is 0.573 e. The van der Waals surface area contributed by atoms with Crippen LogP contribution in [0.4, 0.5) is 13.2 Å². The van der Waals surface area contributed by atoms with Gasteiger partial charge in [-0.3, -0.25) is 9.78 Å². The van der Waals surface area contributed by atoms with Crippen LogP contribution in [0.15, 0.2) is 48.8 Å². The van der Waals surface area contributed by atoms with E-state index in [1.54, 1.807) is 42.2 Å². The van der Waals surface area contributed by atoms with Crippen LogP contribution < -0.4 is 4.74 Å². The SMILES string of the molecule is Cn1c(-c2cccc(OC(F)(F)F)c2)nc(-c2ccncc2)c1C(=O)N1CCC(N2CCCC2)CC1. The van der Waals surface area contributed by atoms with Crippen LogP contribution in [0.3, 0.4) is 0 Å². The summed E-state index contributed by atoms with van der Waals surface area (Å²) in [7, 11) is 1.72. The van der Waals surface area contributed by atoms with E-state index in [2.05, 4.69) is 14.6 Å². The molecule has 2 fully saturated rings. The van der Waals surface area contributed by atoms with Gasteiger partial charge >= 0.3 is 6.36 Å². The van der Waals surface area contributed by atoms with E-state index in [9.17, 15) is 18.0 Å². The zero-order valence-corrected chi connectivity index (χ0v) is 20.0. The highest BCUT2D eigenvalue weighted by molar-refractivity contribution is 5.99. The third-order valence-electron chi connectivity index (χ3n) is 6.99. The minimum atomic E-state index is -4.80. The number of likely N-dealkylation sites (tertiary alicyclic amines) is 2. The normalized spacial score (nSPS) is 17.5. The maximum absolute atomic E-state index is 13.8. The molecule has 36 heavy (non-hydrogen) atoms. The van der Waals surface area contributed by atoms with Crippen molar-refractivity contribution in [2.75, 3.05) is 26.2 Å². The molecule has 0 atom stereocenters. The highest BCUT2D eigenvalue weighted by atomic mass is 19.4. The number of carbonyl (C=O) groups excluding carboxylic acids is 1. The molecule has 3 aromatic rings. The molecule has 0 bridgehead atoms. The van der Waals surface area contributed by atoms with Gasteiger partial charge in [-0.15, -0.1) is 13.2 Å². The van der Waals surface area contributed by atoms with Gasteiger partial charge in [-0.2, -0.15) is 0 Å². The smallest absolute Gasteiger partial charge is 0.406 e. The Morgan fingerprint density at radius 1 is 1.00 bits per heavy atom. The summed E-state index contributed by atoms with van der Waals surface area (Å²) in [4.78, 5) is 27.0. The van der Waals surface area contributed by atoms with Crippen molar-refractivity contribution in [2.24, 2.45) is 7.05 Å². The Labute approximate surface area is 207 Å². The Morgan fingerprint density at radius 2 is 1.69 bits per heavy atom. The van der Waals surface area contributed by atoms with Gasteiger partial charge in [-0.05, 0) is 63.0 Å². The van der Waals surface area contributed by atoms with Gasteiger partial charge in [0.2, 0.25) is 0 Å². The second kappa shape index (κ2) is 9.93. The summed E-state index contributed by atoms with van der Waals surface area (Å²) >= 11 is 0. The monoisotopic (exact) mass is 499 g/mol. The molecular formula is C26H28F3N5O2. The number of carbonyl (C=O) groups is 1. The van der Waals surface area contributed by atoms with Gasteiger partial charge in [0.1, 0.15) is 23.0 Å². The topological polar surface area (TPSA) is 63.5 Å². The number of halogens is 3. The van der Waals surface area contributed by atoms with Crippen LogP contribution in [0.2, 0.25) is 0 Å². The van der Waals surface area contributed by atoms with E-state index in [4.69, 9.17) is 4.98 Å². The molecule has 1 aromatic carbocycles. The van der Waals surface area contributed by atoms with Gasteiger partial charge in [-0.25, -0.2) is 4.98 Å². The molecular weight excluding hydrogens is 471 g/mol. The van der Waals surface area contributed by atoms with E-state index in [0.29, 0.717) is 47.5 Å². The zero-order chi connectivity index (χ0) is 25.3. The fourth-order valence-electron chi connectivity index (χ4n) is 5.24. The largest absolute Gasteiger partial charge is 0.573 e. The van der Waals surface area contributed by atoms with Crippen molar-refractivity contribution >= 4 is 5.91 Å². The Morgan fingerprint density at radius 3 is 2.36 bits per heavy atom. The van der Waals surface area contributed by atoms with E-state index in [1.165, 1.54) is 31.0 Å². The number of ether oxygens (including phenoxy) is 1. The van der Waals surface area contributed by atoms with Crippen molar-refractivity contribution in [2.45, 2.75) is 38.1 Å². The van der Waals surface area contributed by atoms with Gasteiger partial charge in [0.25, 0.3) is 5.91 Å². The number of hydrogen-bond donors (Lipinski definition) is 0. The number of benzene rings is 1. The number of piperidine rings is 1. The zero-order valence-electron chi connectivity index (χ0n) is 20.0. The summed E-state index contributed by atoms with van der Waals surface area (Å²) in [5.41, 5.74) is 2.01. The lowest BCUT2D eigenvalue weighted by Crippen LogP contribution is -2.46. The molecule has 5 rings (SSSR count). The Bertz CT molecular complexity index is 1210. The van der Waals surface area contributed by atoms with E-state index in [1.807, 2.05) is 4.90 Å². The maximum atomic E-state index is 13.8. The van der Waals surface area contributed by atoms with Crippen molar-refractivity contribution in [3.05, 3.63) is 54.5 Å². The summed E-state index contributed by atoms with van der Waals surface area (Å²) in [6.07, 6.45) is 2.78. The first-order valence-corrected chi connectivity index (χ1v) is 12.2. The van der Waals surface area contributed by atoms with Crippen molar-refractivity contribution in [3.63, 3.8) is 0 Å². The molecule has 10 heteroatoms. The number of nitrogens with zero attached hydrogens (tertiary/aromatic N) is 5. The van der Waals surface area contributed by atoms with E-state index >= 15 is 0 Å². The van der Waals surface area contributed by atoms with E-state index in [0.717, 1.165) is 25.9 Å². The van der Waals surface area contributed by atoms with Gasteiger partial charge in [0.15, 0.2) is 0 Å². The molecule has 2 aliphatic rings. The molecule has 1 amide bonds. The van der Waals surface area contributed by atoms with Crippen LogP contribution >= 0.6 is 0 Å². The van der Waals surface area contributed by atoms with Crippen LogP contribution in [0.1, 0.15) is 36.2 Å². The molecule has 0 spiro atoms. The first-order chi connectivity index (χ1) is 17.3. The number of aromatic nitrogens is 3. The summed E-state index contributed by atoms with van der Waals surface area (Å²) in [6, 6.07) is 9.69. The second-order valence-corrected chi connectivity index (χ2v) is 9.27. The molecule has 190 valence electrons. The Hall–Kier alpha value is -3.40. The number of pyridine rings is 1. The number of rotatable bonds is 5. The molecule has 2 aromatic heterocycles. The van der Waals surface area contributed by atoms with Crippen LogP contribution in [-0.2, 0) is 7.05 Å². The van der Waals surface area contributed by atoms with Crippen LogP contribution in [0, 0.1) is 0 Å². The molecule has 7 nitrogen and oxygen atoms in total. The fourth-order valence-corrected chi connectivity index (χ4v) is 5.24. The van der Waals surface area contributed by atoms with Gasteiger partial charge in [0, 0.05) is 49.7 Å². The van der Waals surface area contributed by atoms with Crippen molar-refractivity contribution in [3.8, 4) is 28.4 Å². The third-order valence-corrected chi connectivity index (χ3v) is 6.99. The lowest BCUT2D eigenvalue weighted by molar-refractivity contribution is -0.274. The highest BCUT2D eigenvalue weighted by Crippen LogP contribution is 2.33. The van der Waals surface area contributed by atoms with Gasteiger partial charge in [0.05, 0.1) is 0 Å². The minimum Gasteiger partial charge on any atom is -0.406 e. The standard InChI is InChI=1S/C26H28F3N5O2/c1-32-23(25(35)34-15-9-20(10-16-34)33-13-2-3-14-33)22(18-7-11-30-12-8-18)31-24(32)19-5-4-6-21(17-19)36-26(27,28)29/h4-8,11-12,17,20H,2-3,9-10,13-16H2,1H3. The lowest BCUT2D eigenvalue weighted by Gasteiger charge is -2.36. The summed E-state index contributed by atoms with van der Waals surface area (Å²) in [5, 5.41) is 0. The molecule has 2 saturated heterocycles. The quantitative estimate of drug-likeness (QED) is 0.507. The highest BCUT2D eigenvalue weighted by Gasteiger charge is 2.33. The first-order valence-electron chi connectivity index (χ1n) is 12.2. The van der Waals surface area contributed by atoms with Gasteiger partial charge < -0.3 is 19.1 Å². The fraction of sp³-hybridized carbons (Fsp3) is 0.423. The molecule has 4 heterocycles. The number of imidazole rings is 1. The molecule has 0 saturated carbocycles. The number of alkyl halides is 3. The number of hydrogen-bond acceptors (Lipinski definition) is 5. The third kappa shape index (κ3) is 5.09. The van der Waals surface area contributed by atoms with Crippen molar-refractivity contribution in [1.82, 2.24) is 24.3 Å². The van der Waals surface area contributed by atoms with E-state index < -0.39 is 6.36 Å². The predicted octanol–water partition coefficient (Wildman–Crippen LogP) is 4.75. The summed E-state index contributed by atoms with van der Waals surface area (Å²) < 4.78 is 44.1. The Kier molecular flexibility index (Phi) is 6.70. The molecule has 0 radical (unpaired) electrons. The van der Waals surface area contributed by atoms with Gasteiger partial charge in [-0.1, -0.05) is 12.1 Å². The molecule has 0 N–H and O–H groups in total. The average molecular weight is 500 g/mol. The molecule has 0 unspecified atom stereocenters. The number of amides is 1. The Balaban J connectivity index is 1.47. The minimum absolute atomic E-state index is 0.134. The van der Waals surface area contributed by atoms with Crippen molar-refractivity contribution in [1.29, 1.82) is 0 Å². The van der Waals surface area contributed by atoms with E-state index in [-0.39, 0.29) is 11.7 Å². The van der Waals surface area contributed by atoms with Crippen molar-refractivity contribution < 1.29 is 22.7 Å². The lowest BCUT2D eigenvalue weighted by atomic mass is 10.0. The summed E-state index contributed by atoms with van der Waals surface area (Å²) in [5.74, 6) is -0.0966. The van der Waals surface area contributed by atoms with Crippen LogP contribution in [-0.4, -0.2) is 68.8 Å². The van der Waals surface area contributed by atoms with Crippen LogP contribution in [0.5, 0.6) is 5.75 Å².